The first-order valence-corrected chi connectivity index (χ1v) is 7.52. The lowest BCUT2D eigenvalue weighted by atomic mass is 10.0. The summed E-state index contributed by atoms with van der Waals surface area (Å²) in [5, 5.41) is 13.9. The van der Waals surface area contributed by atoms with Crippen molar-refractivity contribution in [2.45, 2.75) is 18.9 Å². The molecule has 1 aliphatic rings. The fraction of sp³-hybridized carbons (Fsp3) is 0.429. The van der Waals surface area contributed by atoms with E-state index in [2.05, 4.69) is 25.7 Å². The van der Waals surface area contributed by atoms with Gasteiger partial charge >= 0.3 is 6.03 Å². The van der Waals surface area contributed by atoms with Gasteiger partial charge in [-0.3, -0.25) is 4.98 Å². The van der Waals surface area contributed by atoms with Crippen LogP contribution in [0, 0.1) is 6.92 Å². The van der Waals surface area contributed by atoms with Crippen molar-refractivity contribution in [3.05, 3.63) is 34.9 Å². The number of ether oxygens (including phenoxy) is 1. The van der Waals surface area contributed by atoms with Crippen molar-refractivity contribution in [1.29, 1.82) is 0 Å². The van der Waals surface area contributed by atoms with Gasteiger partial charge in [0.2, 0.25) is 0 Å². The minimum atomic E-state index is -0.217. The van der Waals surface area contributed by atoms with Crippen LogP contribution in [-0.4, -0.2) is 57.6 Å². The van der Waals surface area contributed by atoms with E-state index in [1.165, 1.54) is 0 Å². The Morgan fingerprint density at radius 1 is 1.43 bits per heavy atom. The summed E-state index contributed by atoms with van der Waals surface area (Å²) in [4.78, 5) is 18.2. The van der Waals surface area contributed by atoms with Gasteiger partial charge in [0.15, 0.2) is 0 Å². The normalized spacial score (nSPS) is 20.7. The van der Waals surface area contributed by atoms with E-state index in [0.29, 0.717) is 23.8 Å². The molecule has 8 nitrogen and oxygen atoms in total. The van der Waals surface area contributed by atoms with Gasteiger partial charge in [-0.1, -0.05) is 11.6 Å². The van der Waals surface area contributed by atoms with Crippen molar-refractivity contribution in [3.8, 4) is 0 Å². The van der Waals surface area contributed by atoms with Gasteiger partial charge in [-0.25, -0.2) is 4.79 Å². The summed E-state index contributed by atoms with van der Waals surface area (Å²) in [7, 11) is 1.63. The second-order valence-electron chi connectivity index (χ2n) is 5.40. The molecular formula is C14H17ClN6O2. The third-order valence-electron chi connectivity index (χ3n) is 4.07. The van der Waals surface area contributed by atoms with Gasteiger partial charge in [-0.2, -0.15) is 15.4 Å². The number of pyridine rings is 1. The Kier molecular flexibility index (Phi) is 4.44. The van der Waals surface area contributed by atoms with Gasteiger partial charge < -0.3 is 15.0 Å². The summed E-state index contributed by atoms with van der Waals surface area (Å²) < 4.78 is 5.48. The van der Waals surface area contributed by atoms with Gasteiger partial charge in [0.25, 0.3) is 0 Å². The van der Waals surface area contributed by atoms with E-state index in [4.69, 9.17) is 16.3 Å². The highest BCUT2D eigenvalue weighted by molar-refractivity contribution is 6.31. The van der Waals surface area contributed by atoms with Gasteiger partial charge in [0.1, 0.15) is 0 Å². The number of nitrogens with one attached hydrogen (secondary N) is 2. The molecule has 2 aromatic heterocycles. The predicted octanol–water partition coefficient (Wildman–Crippen LogP) is 1.81. The number of carbonyl (C=O) groups is 1. The molecule has 23 heavy (non-hydrogen) atoms. The first-order chi connectivity index (χ1) is 11.1. The number of hydrogen-bond acceptors (Lipinski definition) is 5. The van der Waals surface area contributed by atoms with Crippen molar-refractivity contribution in [2.24, 2.45) is 0 Å². The molecule has 2 atom stereocenters. The molecule has 0 saturated carbocycles. The fourth-order valence-electron chi connectivity index (χ4n) is 2.67. The van der Waals surface area contributed by atoms with Crippen molar-refractivity contribution < 1.29 is 9.53 Å². The second kappa shape index (κ2) is 6.51. The van der Waals surface area contributed by atoms with Crippen LogP contribution in [0.25, 0.3) is 0 Å². The van der Waals surface area contributed by atoms with Gasteiger partial charge in [-0.15, -0.1) is 0 Å². The molecule has 0 aliphatic carbocycles. The molecule has 3 rings (SSSR count). The second-order valence-corrected chi connectivity index (χ2v) is 5.81. The highest BCUT2D eigenvalue weighted by Gasteiger charge is 2.37. The van der Waals surface area contributed by atoms with Gasteiger partial charge in [0, 0.05) is 26.4 Å². The molecule has 0 bridgehead atoms. The van der Waals surface area contributed by atoms with Gasteiger partial charge in [0.05, 0.1) is 40.8 Å². The van der Waals surface area contributed by atoms with Crippen LogP contribution in [-0.2, 0) is 4.74 Å². The summed E-state index contributed by atoms with van der Waals surface area (Å²) >= 11 is 6.03. The number of aromatic nitrogens is 4. The maximum atomic E-state index is 12.5. The minimum absolute atomic E-state index is 0.0110. The molecule has 3 heterocycles. The number of anilines is 1. The lowest BCUT2D eigenvalue weighted by molar-refractivity contribution is 0.0987. The number of methoxy groups -OCH3 is 1. The van der Waals surface area contributed by atoms with Crippen molar-refractivity contribution >= 4 is 23.3 Å². The van der Waals surface area contributed by atoms with Crippen LogP contribution in [0.3, 0.4) is 0 Å². The molecular weight excluding hydrogens is 320 g/mol. The third-order valence-corrected chi connectivity index (χ3v) is 4.45. The molecule has 1 aliphatic heterocycles. The summed E-state index contributed by atoms with van der Waals surface area (Å²) in [6.07, 6.45) is 4.66. The zero-order valence-corrected chi connectivity index (χ0v) is 13.5. The SMILES string of the molecule is CO[C@@H]1CN(C(=O)Nc2cncc(Cl)c2C)C[C@H]1c1cn[nH]n1. The maximum Gasteiger partial charge on any atom is 0.322 e. The third kappa shape index (κ3) is 3.13. The standard InChI is InChI=1S/C14H17ClN6O2/c1-8-10(15)3-16-4-11(8)18-14(22)21-6-9(13(7-21)23-2)12-5-17-20-19-12/h3-5,9,13H,6-7H2,1-2H3,(H,18,22)(H,17,19,20)/t9-,13+/m0/s1. The Labute approximate surface area is 138 Å². The average Bonchev–Trinajstić information content (AvgIpc) is 3.20. The largest absolute Gasteiger partial charge is 0.379 e. The number of amides is 2. The summed E-state index contributed by atoms with van der Waals surface area (Å²) in [6.45, 7) is 2.82. The van der Waals surface area contributed by atoms with Crippen molar-refractivity contribution in [1.82, 2.24) is 25.3 Å². The lowest BCUT2D eigenvalue weighted by Gasteiger charge is -2.18. The van der Waals surface area contributed by atoms with Crippen LogP contribution in [0.5, 0.6) is 0 Å². The van der Waals surface area contributed by atoms with E-state index in [-0.39, 0.29) is 18.1 Å². The number of nitrogens with zero attached hydrogens (tertiary/aromatic N) is 4. The molecule has 9 heteroatoms. The summed E-state index contributed by atoms with van der Waals surface area (Å²) in [5.74, 6) is -0.0110. The van der Waals surface area contributed by atoms with Gasteiger partial charge in [-0.05, 0) is 12.5 Å². The van der Waals surface area contributed by atoms with Crippen LogP contribution in [0.15, 0.2) is 18.6 Å². The topological polar surface area (TPSA) is 96.0 Å². The van der Waals surface area contributed by atoms with E-state index in [0.717, 1.165) is 11.3 Å². The molecule has 0 unspecified atom stereocenters. The Bertz CT molecular complexity index is 693. The zero-order chi connectivity index (χ0) is 16.4. The first kappa shape index (κ1) is 15.7. The van der Waals surface area contributed by atoms with E-state index < -0.39 is 0 Å². The van der Waals surface area contributed by atoms with Crippen LogP contribution in [0.4, 0.5) is 10.5 Å². The van der Waals surface area contributed by atoms with E-state index in [1.54, 1.807) is 30.6 Å². The van der Waals surface area contributed by atoms with E-state index in [1.807, 2.05) is 6.92 Å². The maximum absolute atomic E-state index is 12.5. The number of urea groups is 1. The highest BCUT2D eigenvalue weighted by atomic mass is 35.5. The number of likely N-dealkylation sites (tertiary alicyclic amines) is 1. The zero-order valence-electron chi connectivity index (χ0n) is 12.8. The van der Waals surface area contributed by atoms with E-state index >= 15 is 0 Å². The minimum Gasteiger partial charge on any atom is -0.379 e. The van der Waals surface area contributed by atoms with Crippen LogP contribution >= 0.6 is 11.6 Å². The number of hydrogen-bond donors (Lipinski definition) is 2. The monoisotopic (exact) mass is 336 g/mol. The average molecular weight is 337 g/mol. The summed E-state index contributed by atoms with van der Waals surface area (Å²) in [5.41, 5.74) is 2.17. The molecule has 0 radical (unpaired) electrons. The van der Waals surface area contributed by atoms with Crippen LogP contribution < -0.4 is 5.32 Å². The molecule has 0 spiro atoms. The Morgan fingerprint density at radius 2 is 2.26 bits per heavy atom. The Hall–Kier alpha value is -2.19. The molecule has 1 fully saturated rings. The first-order valence-electron chi connectivity index (χ1n) is 7.14. The number of H-pyrrole nitrogens is 1. The smallest absolute Gasteiger partial charge is 0.322 e. The molecule has 1 saturated heterocycles. The number of halogens is 1. The molecule has 2 N–H and O–H groups in total. The van der Waals surface area contributed by atoms with Crippen molar-refractivity contribution in [3.63, 3.8) is 0 Å². The molecule has 0 aromatic carbocycles. The quantitative estimate of drug-likeness (QED) is 0.891. The molecule has 2 amide bonds. The highest BCUT2D eigenvalue weighted by Crippen LogP contribution is 2.29. The summed E-state index contributed by atoms with van der Waals surface area (Å²) in [6, 6.07) is -0.217. The number of aromatic amines is 1. The Balaban J connectivity index is 1.72. The Morgan fingerprint density at radius 3 is 2.96 bits per heavy atom. The van der Waals surface area contributed by atoms with Crippen LogP contribution in [0.1, 0.15) is 17.2 Å². The molecule has 2 aromatic rings. The molecule has 122 valence electrons. The fourth-order valence-corrected chi connectivity index (χ4v) is 2.83. The van der Waals surface area contributed by atoms with Crippen molar-refractivity contribution in [2.75, 3.05) is 25.5 Å². The predicted molar refractivity (Wildman–Crippen MR) is 84.5 cm³/mol. The van der Waals surface area contributed by atoms with E-state index in [9.17, 15) is 4.79 Å². The number of carbonyl (C=O) groups excluding carboxylic acids is 1. The van der Waals surface area contributed by atoms with Crippen LogP contribution in [0.2, 0.25) is 5.02 Å². The lowest BCUT2D eigenvalue weighted by Crippen LogP contribution is -2.34. The number of rotatable bonds is 3.